The predicted molar refractivity (Wildman–Crippen MR) is 162 cm³/mol. The first-order valence-electron chi connectivity index (χ1n) is 13.9. The second-order valence-electron chi connectivity index (χ2n) is 11.4. The minimum Gasteiger partial charge on any atom is -0.350 e. The molecule has 0 radical (unpaired) electrons. The second-order valence-corrected chi connectivity index (χ2v) is 13.3. The maximum absolute atomic E-state index is 13.8. The number of carbonyl (C=O) groups is 2. The van der Waals surface area contributed by atoms with Gasteiger partial charge in [0.2, 0.25) is 21.8 Å². The van der Waals surface area contributed by atoms with Gasteiger partial charge in [0.25, 0.3) is 0 Å². The molecule has 7 nitrogen and oxygen atoms in total. The number of nitrogens with one attached hydrogen (secondary N) is 1. The molecule has 0 aliphatic heterocycles. The summed E-state index contributed by atoms with van der Waals surface area (Å²) in [6, 6.07) is 21.7. The Balaban J connectivity index is 1.89. The highest BCUT2D eigenvalue weighted by molar-refractivity contribution is 7.92. The Hall–Kier alpha value is -3.86. The fourth-order valence-electron chi connectivity index (χ4n) is 4.63. The Bertz CT molecular complexity index is 1470. The fourth-order valence-corrected chi connectivity index (χ4v) is 5.59. The van der Waals surface area contributed by atoms with Crippen LogP contribution in [-0.2, 0) is 38.8 Å². The van der Waals surface area contributed by atoms with Crippen molar-refractivity contribution < 1.29 is 31.2 Å². The van der Waals surface area contributed by atoms with Crippen LogP contribution < -0.4 is 9.62 Å². The van der Waals surface area contributed by atoms with Gasteiger partial charge in [-0.2, -0.15) is 13.2 Å². The summed E-state index contributed by atoms with van der Waals surface area (Å²) in [5.41, 5.74) is -0.0155. The van der Waals surface area contributed by atoms with Gasteiger partial charge in [0.15, 0.2) is 0 Å². The van der Waals surface area contributed by atoms with Crippen LogP contribution in [-0.4, -0.2) is 49.5 Å². The SMILES string of the molecule is CC(C)(C)NC(=O)[C@@H](Cc1ccccc1)N(Cc1ccccc1)C(=O)CCCN(c1cccc(C(F)(F)F)c1)S(C)(=O)=O. The number of hydrogen-bond acceptors (Lipinski definition) is 4. The second kappa shape index (κ2) is 14.1. The number of sulfonamides is 1. The minimum absolute atomic E-state index is 0.0202. The molecule has 0 aliphatic carbocycles. The topological polar surface area (TPSA) is 86.8 Å². The first-order chi connectivity index (χ1) is 20.0. The normalized spacial score (nSPS) is 12.8. The number of rotatable bonds is 12. The van der Waals surface area contributed by atoms with E-state index >= 15 is 0 Å². The van der Waals surface area contributed by atoms with E-state index in [1.165, 1.54) is 11.0 Å². The monoisotopic (exact) mass is 617 g/mol. The Morgan fingerprint density at radius 2 is 1.44 bits per heavy atom. The van der Waals surface area contributed by atoms with Crippen LogP contribution in [0.2, 0.25) is 0 Å². The van der Waals surface area contributed by atoms with E-state index in [1.807, 2.05) is 81.4 Å². The quantitative estimate of drug-likeness (QED) is 0.278. The molecule has 1 atom stereocenters. The van der Waals surface area contributed by atoms with Gasteiger partial charge < -0.3 is 10.2 Å². The first-order valence-corrected chi connectivity index (χ1v) is 15.7. The van der Waals surface area contributed by atoms with Crippen molar-refractivity contribution in [3.63, 3.8) is 0 Å². The first kappa shape index (κ1) is 33.6. The van der Waals surface area contributed by atoms with Crippen LogP contribution >= 0.6 is 0 Å². The fraction of sp³-hybridized carbons (Fsp3) is 0.375. The molecule has 0 saturated heterocycles. The van der Waals surface area contributed by atoms with Crippen LogP contribution in [0.3, 0.4) is 0 Å². The van der Waals surface area contributed by atoms with Gasteiger partial charge in [0, 0.05) is 31.5 Å². The Kier molecular flexibility index (Phi) is 11.0. The summed E-state index contributed by atoms with van der Waals surface area (Å²) in [7, 11) is -3.96. The summed E-state index contributed by atoms with van der Waals surface area (Å²) in [5.74, 6) is -0.714. The lowest BCUT2D eigenvalue weighted by Crippen LogP contribution is -2.54. The molecule has 0 bridgehead atoms. The largest absolute Gasteiger partial charge is 0.416 e. The van der Waals surface area contributed by atoms with Gasteiger partial charge in [-0.15, -0.1) is 0 Å². The lowest BCUT2D eigenvalue weighted by Gasteiger charge is -2.34. The zero-order valence-electron chi connectivity index (χ0n) is 24.8. The van der Waals surface area contributed by atoms with Crippen molar-refractivity contribution in [1.29, 1.82) is 0 Å². The number of anilines is 1. The predicted octanol–water partition coefficient (Wildman–Crippen LogP) is 5.81. The van der Waals surface area contributed by atoms with E-state index in [-0.39, 0.29) is 49.9 Å². The van der Waals surface area contributed by atoms with E-state index in [1.54, 1.807) is 0 Å². The zero-order valence-corrected chi connectivity index (χ0v) is 25.6. The summed E-state index contributed by atoms with van der Waals surface area (Å²) < 4.78 is 65.9. The number of amides is 2. The highest BCUT2D eigenvalue weighted by atomic mass is 32.2. The third kappa shape index (κ3) is 10.4. The van der Waals surface area contributed by atoms with Crippen LogP contribution in [0.5, 0.6) is 0 Å². The van der Waals surface area contributed by atoms with E-state index < -0.39 is 33.3 Å². The van der Waals surface area contributed by atoms with Gasteiger partial charge in [-0.3, -0.25) is 13.9 Å². The zero-order chi connectivity index (χ0) is 31.8. The molecule has 3 rings (SSSR count). The van der Waals surface area contributed by atoms with E-state index in [0.717, 1.165) is 39.9 Å². The highest BCUT2D eigenvalue weighted by Crippen LogP contribution is 2.32. The average molecular weight is 618 g/mol. The molecule has 0 heterocycles. The van der Waals surface area contributed by atoms with Crippen molar-refractivity contribution in [3.05, 3.63) is 102 Å². The van der Waals surface area contributed by atoms with Crippen LogP contribution in [0.1, 0.15) is 50.3 Å². The van der Waals surface area contributed by atoms with Crippen molar-refractivity contribution in [2.75, 3.05) is 17.1 Å². The van der Waals surface area contributed by atoms with Crippen molar-refractivity contribution >= 4 is 27.5 Å². The molecule has 232 valence electrons. The van der Waals surface area contributed by atoms with Crippen LogP contribution in [0.25, 0.3) is 0 Å². The van der Waals surface area contributed by atoms with Crippen molar-refractivity contribution in [3.8, 4) is 0 Å². The molecule has 0 fully saturated rings. The minimum atomic E-state index is -4.64. The standard InChI is InChI=1S/C32H38F3N3O4S/c1-31(2,3)36-30(40)28(21-24-13-7-5-8-14-24)37(23-25-15-9-6-10-16-25)29(39)19-12-20-38(43(4,41)42)27-18-11-17-26(22-27)32(33,34)35/h5-11,13-18,22,28H,12,19-21,23H2,1-4H3,(H,36,40)/t28-/m1/s1. The van der Waals surface area contributed by atoms with Gasteiger partial charge >= 0.3 is 6.18 Å². The molecule has 3 aromatic carbocycles. The van der Waals surface area contributed by atoms with Crippen LogP contribution in [0, 0.1) is 0 Å². The maximum Gasteiger partial charge on any atom is 0.416 e. The molecule has 0 spiro atoms. The number of hydrogen-bond donors (Lipinski definition) is 1. The average Bonchev–Trinajstić information content (AvgIpc) is 2.92. The molecule has 2 amide bonds. The maximum atomic E-state index is 13.8. The van der Waals surface area contributed by atoms with Gasteiger partial charge in [-0.1, -0.05) is 66.7 Å². The smallest absolute Gasteiger partial charge is 0.350 e. The van der Waals surface area contributed by atoms with E-state index in [4.69, 9.17) is 0 Å². The number of alkyl halides is 3. The number of carbonyl (C=O) groups excluding carboxylic acids is 2. The van der Waals surface area contributed by atoms with E-state index in [9.17, 15) is 31.2 Å². The van der Waals surface area contributed by atoms with Crippen molar-refractivity contribution in [2.24, 2.45) is 0 Å². The van der Waals surface area contributed by atoms with Crippen molar-refractivity contribution in [1.82, 2.24) is 10.2 Å². The van der Waals surface area contributed by atoms with Crippen LogP contribution in [0.15, 0.2) is 84.9 Å². The molecule has 0 aromatic heterocycles. The van der Waals surface area contributed by atoms with Gasteiger partial charge in [-0.05, 0) is 56.5 Å². The number of halogens is 3. The Morgan fingerprint density at radius 3 is 1.98 bits per heavy atom. The Labute approximate surface area is 251 Å². The lowest BCUT2D eigenvalue weighted by atomic mass is 10.00. The molecular formula is C32H38F3N3O4S. The summed E-state index contributed by atoms with van der Waals surface area (Å²) >= 11 is 0. The van der Waals surface area contributed by atoms with Crippen LogP contribution in [0.4, 0.5) is 18.9 Å². The number of nitrogens with zero attached hydrogens (tertiary/aromatic N) is 2. The Morgan fingerprint density at radius 1 is 0.860 bits per heavy atom. The molecule has 1 N–H and O–H groups in total. The molecule has 0 unspecified atom stereocenters. The van der Waals surface area contributed by atoms with Gasteiger partial charge in [0.05, 0.1) is 17.5 Å². The lowest BCUT2D eigenvalue weighted by molar-refractivity contribution is -0.142. The number of benzene rings is 3. The molecule has 3 aromatic rings. The molecule has 11 heteroatoms. The van der Waals surface area contributed by atoms with Gasteiger partial charge in [0.1, 0.15) is 6.04 Å². The summed E-state index contributed by atoms with van der Waals surface area (Å²) in [5, 5.41) is 2.98. The molecular weight excluding hydrogens is 579 g/mol. The summed E-state index contributed by atoms with van der Waals surface area (Å²) in [6.45, 7) is 5.46. The van der Waals surface area contributed by atoms with E-state index in [2.05, 4.69) is 5.32 Å². The van der Waals surface area contributed by atoms with Crippen molar-refractivity contribution in [2.45, 2.75) is 64.3 Å². The highest BCUT2D eigenvalue weighted by Gasteiger charge is 2.33. The van der Waals surface area contributed by atoms with E-state index in [0.29, 0.717) is 0 Å². The molecule has 43 heavy (non-hydrogen) atoms. The van der Waals surface area contributed by atoms with Gasteiger partial charge in [-0.25, -0.2) is 8.42 Å². The molecule has 0 saturated carbocycles. The third-order valence-electron chi connectivity index (χ3n) is 6.58. The summed E-state index contributed by atoms with van der Waals surface area (Å²) in [4.78, 5) is 29.0. The molecule has 0 aliphatic rings. The summed E-state index contributed by atoms with van der Waals surface area (Å²) in [6.07, 6.45) is -3.60. The third-order valence-corrected chi connectivity index (χ3v) is 7.77.